The lowest BCUT2D eigenvalue weighted by Crippen LogP contribution is -2.41. The van der Waals surface area contributed by atoms with Gasteiger partial charge in [-0.05, 0) is 37.3 Å². The van der Waals surface area contributed by atoms with Gasteiger partial charge in [-0.15, -0.1) is 11.8 Å². The molecule has 0 bridgehead atoms. The second kappa shape index (κ2) is 8.96. The van der Waals surface area contributed by atoms with Gasteiger partial charge in [-0.25, -0.2) is 4.79 Å². The second-order valence-electron chi connectivity index (χ2n) is 8.67. The van der Waals surface area contributed by atoms with Crippen molar-refractivity contribution in [2.45, 2.75) is 31.3 Å². The Morgan fingerprint density at radius 2 is 1.97 bits per heavy atom. The van der Waals surface area contributed by atoms with Crippen LogP contribution in [0.25, 0.3) is 0 Å². The van der Waals surface area contributed by atoms with Crippen LogP contribution in [0.4, 0.5) is 5.69 Å². The number of para-hydroxylation sites is 1. The number of anilines is 1. The van der Waals surface area contributed by atoms with Crippen LogP contribution in [0.5, 0.6) is 5.75 Å². The van der Waals surface area contributed by atoms with Crippen LogP contribution in [-0.4, -0.2) is 35.4 Å². The zero-order valence-electron chi connectivity index (χ0n) is 18.8. The Kier molecular flexibility index (Phi) is 5.99. The third-order valence-electron chi connectivity index (χ3n) is 6.14. The number of fused-ring (bicyclic) bond motifs is 5. The molecule has 1 aromatic heterocycles. The highest BCUT2D eigenvalue weighted by atomic mass is 32.2. The van der Waals surface area contributed by atoms with E-state index < -0.39 is 5.97 Å². The van der Waals surface area contributed by atoms with E-state index in [4.69, 9.17) is 9.47 Å². The van der Waals surface area contributed by atoms with E-state index in [1.807, 2.05) is 18.2 Å². The van der Waals surface area contributed by atoms with Gasteiger partial charge >= 0.3 is 10.8 Å². The number of thioether (sulfide) groups is 1. The number of nitrogens with one attached hydrogen (secondary N) is 1. The molecule has 5 rings (SSSR count). The molecule has 3 aromatic rings. The van der Waals surface area contributed by atoms with E-state index in [0.717, 1.165) is 27.0 Å². The SMILES string of the molecule is CCOC(=O)c1ccc(NC(=O)Cn2c3c(sc2=O)[C@@H]2c4ccccc4OC[C@@]2(C)CS3)cc1. The van der Waals surface area contributed by atoms with Crippen molar-refractivity contribution in [2.24, 2.45) is 5.41 Å². The molecule has 176 valence electrons. The average Bonchev–Trinajstić information content (AvgIpc) is 3.13. The van der Waals surface area contributed by atoms with Crippen molar-refractivity contribution >= 4 is 40.7 Å². The number of nitrogens with zero attached hydrogens (tertiary/aromatic N) is 1. The van der Waals surface area contributed by atoms with E-state index in [2.05, 4.69) is 18.3 Å². The fourth-order valence-corrected chi connectivity index (χ4v) is 7.31. The molecule has 0 radical (unpaired) electrons. The molecule has 34 heavy (non-hydrogen) atoms. The topological polar surface area (TPSA) is 86.6 Å². The number of rotatable bonds is 5. The predicted molar refractivity (Wildman–Crippen MR) is 132 cm³/mol. The lowest BCUT2D eigenvalue weighted by Gasteiger charge is -2.44. The van der Waals surface area contributed by atoms with Crippen molar-refractivity contribution in [1.82, 2.24) is 4.57 Å². The molecular formula is C25H24N2O5S2. The summed E-state index contributed by atoms with van der Waals surface area (Å²) in [6.45, 7) is 4.77. The Bertz CT molecular complexity index is 1310. The maximum Gasteiger partial charge on any atom is 0.338 e. The average molecular weight is 497 g/mol. The summed E-state index contributed by atoms with van der Waals surface area (Å²) in [7, 11) is 0. The summed E-state index contributed by atoms with van der Waals surface area (Å²) in [5.74, 6) is 1.01. The van der Waals surface area contributed by atoms with E-state index in [0.29, 0.717) is 24.5 Å². The van der Waals surface area contributed by atoms with E-state index in [1.54, 1.807) is 47.5 Å². The molecule has 9 heteroatoms. The number of carbonyl (C=O) groups is 2. The van der Waals surface area contributed by atoms with Crippen LogP contribution in [0.3, 0.4) is 0 Å². The first kappa shape index (κ1) is 22.7. The minimum Gasteiger partial charge on any atom is -0.493 e. The number of amides is 1. The van der Waals surface area contributed by atoms with Crippen molar-refractivity contribution in [3.63, 3.8) is 0 Å². The lowest BCUT2D eigenvalue weighted by atomic mass is 9.72. The van der Waals surface area contributed by atoms with Gasteiger partial charge in [0.05, 0.1) is 23.8 Å². The highest BCUT2D eigenvalue weighted by Crippen LogP contribution is 2.56. The molecule has 1 N–H and O–H groups in total. The molecule has 0 spiro atoms. The zero-order valence-corrected chi connectivity index (χ0v) is 20.5. The third-order valence-corrected chi connectivity index (χ3v) is 8.83. The molecule has 0 aliphatic carbocycles. The molecular weight excluding hydrogens is 472 g/mol. The quantitative estimate of drug-likeness (QED) is 0.528. The Labute approximate surface area is 205 Å². The van der Waals surface area contributed by atoms with Gasteiger partial charge in [0.1, 0.15) is 12.3 Å². The van der Waals surface area contributed by atoms with Crippen LogP contribution in [0, 0.1) is 5.41 Å². The molecule has 0 fully saturated rings. The first-order chi connectivity index (χ1) is 16.4. The van der Waals surface area contributed by atoms with E-state index >= 15 is 0 Å². The van der Waals surface area contributed by atoms with Crippen LogP contribution in [0.1, 0.15) is 40.6 Å². The maximum absolute atomic E-state index is 13.0. The number of hydrogen-bond donors (Lipinski definition) is 1. The molecule has 2 atom stereocenters. The fraction of sp³-hybridized carbons (Fsp3) is 0.320. The van der Waals surface area contributed by atoms with Gasteiger partial charge in [0.15, 0.2) is 0 Å². The first-order valence-electron chi connectivity index (χ1n) is 11.0. The van der Waals surface area contributed by atoms with Crippen LogP contribution in [0.2, 0.25) is 0 Å². The number of thiazole rings is 1. The van der Waals surface area contributed by atoms with Crippen LogP contribution < -0.4 is 14.9 Å². The Hall–Kier alpha value is -3.04. The molecule has 0 unspecified atom stereocenters. The van der Waals surface area contributed by atoms with Gasteiger partial charge in [0, 0.05) is 33.2 Å². The van der Waals surface area contributed by atoms with Crippen molar-refractivity contribution < 1.29 is 19.1 Å². The summed E-state index contributed by atoms with van der Waals surface area (Å²) < 4.78 is 12.6. The largest absolute Gasteiger partial charge is 0.493 e. The van der Waals surface area contributed by atoms with E-state index in [1.165, 1.54) is 11.3 Å². The summed E-state index contributed by atoms with van der Waals surface area (Å²) in [4.78, 5) is 38.4. The zero-order chi connectivity index (χ0) is 23.9. The fourth-order valence-electron chi connectivity index (χ4n) is 4.49. The van der Waals surface area contributed by atoms with Gasteiger partial charge < -0.3 is 14.8 Å². The minimum atomic E-state index is -0.407. The van der Waals surface area contributed by atoms with Crippen LogP contribution in [0.15, 0.2) is 58.4 Å². The molecule has 0 saturated heterocycles. The molecule has 2 aliphatic heterocycles. The van der Waals surface area contributed by atoms with Crippen molar-refractivity contribution in [1.29, 1.82) is 0 Å². The number of benzene rings is 2. The number of carbonyl (C=O) groups excluding carboxylic acids is 2. The molecule has 2 aromatic carbocycles. The highest BCUT2D eigenvalue weighted by Gasteiger charge is 2.47. The van der Waals surface area contributed by atoms with Gasteiger partial charge in [-0.1, -0.05) is 36.5 Å². The Balaban J connectivity index is 1.38. The number of ether oxygens (including phenoxy) is 2. The summed E-state index contributed by atoms with van der Waals surface area (Å²) >= 11 is 2.84. The number of esters is 1. The first-order valence-corrected chi connectivity index (χ1v) is 12.8. The summed E-state index contributed by atoms with van der Waals surface area (Å²) in [6, 6.07) is 14.5. The molecule has 3 heterocycles. The lowest BCUT2D eigenvalue weighted by molar-refractivity contribution is -0.116. The number of hydrogen-bond acceptors (Lipinski definition) is 7. The normalized spacial score (nSPS) is 20.4. The smallest absolute Gasteiger partial charge is 0.338 e. The van der Waals surface area contributed by atoms with Gasteiger partial charge in [-0.3, -0.25) is 14.2 Å². The summed E-state index contributed by atoms with van der Waals surface area (Å²) in [6.07, 6.45) is 0. The maximum atomic E-state index is 13.0. The van der Waals surface area contributed by atoms with Gasteiger partial charge in [-0.2, -0.15) is 0 Å². The van der Waals surface area contributed by atoms with Crippen LogP contribution >= 0.6 is 23.1 Å². The predicted octanol–water partition coefficient (Wildman–Crippen LogP) is 4.36. The summed E-state index contributed by atoms with van der Waals surface area (Å²) in [5, 5.41) is 3.68. The van der Waals surface area contributed by atoms with Crippen LogP contribution in [-0.2, 0) is 16.1 Å². The van der Waals surface area contributed by atoms with Crippen molar-refractivity contribution in [3.8, 4) is 5.75 Å². The molecule has 1 amide bonds. The second-order valence-corrected chi connectivity index (χ2v) is 10.6. The van der Waals surface area contributed by atoms with Crippen molar-refractivity contribution in [2.75, 3.05) is 24.3 Å². The molecule has 7 nitrogen and oxygen atoms in total. The minimum absolute atomic E-state index is 0.0612. The van der Waals surface area contributed by atoms with E-state index in [9.17, 15) is 14.4 Å². The summed E-state index contributed by atoms with van der Waals surface area (Å²) in [5.41, 5.74) is 1.94. The van der Waals surface area contributed by atoms with Gasteiger partial charge in [0.25, 0.3) is 0 Å². The van der Waals surface area contributed by atoms with Gasteiger partial charge in [0.2, 0.25) is 5.91 Å². The van der Waals surface area contributed by atoms with Crippen molar-refractivity contribution in [3.05, 3.63) is 74.2 Å². The molecule has 2 aliphatic rings. The standard InChI is InChI=1S/C25H24N2O5S2/c1-3-31-23(29)15-8-10-16(11-9-15)26-19(28)12-27-22-21(34-24(27)30)20-17-6-4-5-7-18(17)32-13-25(20,2)14-33-22/h4-11,20H,3,12-14H2,1-2H3,(H,26,28)/t20-,25-/m0/s1. The highest BCUT2D eigenvalue weighted by molar-refractivity contribution is 7.99. The monoisotopic (exact) mass is 496 g/mol. The third kappa shape index (κ3) is 4.03. The van der Waals surface area contributed by atoms with E-state index in [-0.39, 0.29) is 28.7 Å². The number of aromatic nitrogens is 1. The molecule has 0 saturated carbocycles. The Morgan fingerprint density at radius 1 is 1.21 bits per heavy atom. The Morgan fingerprint density at radius 3 is 2.74 bits per heavy atom.